The highest BCUT2D eigenvalue weighted by Crippen LogP contribution is 2.31. The van der Waals surface area contributed by atoms with Gasteiger partial charge in [-0.1, -0.05) is 0 Å². The molecule has 3 rings (SSSR count). The van der Waals surface area contributed by atoms with E-state index in [1.54, 1.807) is 11.3 Å². The summed E-state index contributed by atoms with van der Waals surface area (Å²) in [5, 5.41) is 6.75. The maximum absolute atomic E-state index is 4.57. The summed E-state index contributed by atoms with van der Waals surface area (Å²) in [6.45, 7) is 6.15. The summed E-state index contributed by atoms with van der Waals surface area (Å²) in [6.07, 6.45) is 3.62. The van der Waals surface area contributed by atoms with Gasteiger partial charge < -0.3 is 5.32 Å². The molecule has 0 saturated heterocycles. The number of nitrogens with one attached hydrogen (secondary N) is 1. The van der Waals surface area contributed by atoms with Gasteiger partial charge in [-0.3, -0.25) is 4.98 Å². The molecule has 0 unspecified atom stereocenters. The first kappa shape index (κ1) is 13.0. The highest BCUT2D eigenvalue weighted by Gasteiger charge is 2.13. The van der Waals surface area contributed by atoms with Crippen LogP contribution in [0.15, 0.2) is 29.9 Å². The van der Waals surface area contributed by atoms with Crippen LogP contribution in [0.2, 0.25) is 0 Å². The van der Waals surface area contributed by atoms with Crippen molar-refractivity contribution < 1.29 is 0 Å². The van der Waals surface area contributed by atoms with Crippen molar-refractivity contribution in [3.8, 4) is 0 Å². The van der Waals surface area contributed by atoms with Gasteiger partial charge in [0.25, 0.3) is 0 Å². The third-order valence-corrected chi connectivity index (χ3v) is 4.28. The molecule has 0 fully saturated rings. The van der Waals surface area contributed by atoms with E-state index in [4.69, 9.17) is 0 Å². The smallest absolute Gasteiger partial charge is 0.139 e. The molecule has 3 aromatic heterocycles. The van der Waals surface area contributed by atoms with E-state index < -0.39 is 0 Å². The van der Waals surface area contributed by atoms with E-state index in [-0.39, 0.29) is 6.04 Å². The van der Waals surface area contributed by atoms with Crippen LogP contribution in [0, 0.1) is 13.8 Å². The Hall–Kier alpha value is -2.01. The van der Waals surface area contributed by atoms with Crippen molar-refractivity contribution in [2.75, 3.05) is 5.32 Å². The summed E-state index contributed by atoms with van der Waals surface area (Å²) in [4.78, 5) is 14.2. The van der Waals surface area contributed by atoms with Crippen molar-refractivity contribution in [2.24, 2.45) is 0 Å². The van der Waals surface area contributed by atoms with Gasteiger partial charge in [-0.2, -0.15) is 0 Å². The molecule has 0 aromatic carbocycles. The number of thiophene rings is 1. The average molecular weight is 284 g/mol. The minimum absolute atomic E-state index is 0.176. The lowest BCUT2D eigenvalue weighted by atomic mass is 10.1. The molecule has 1 N–H and O–H groups in total. The van der Waals surface area contributed by atoms with Gasteiger partial charge in [-0.05, 0) is 49.4 Å². The highest BCUT2D eigenvalue weighted by molar-refractivity contribution is 7.17. The van der Waals surface area contributed by atoms with Gasteiger partial charge in [0.15, 0.2) is 0 Å². The summed E-state index contributed by atoms with van der Waals surface area (Å²) in [6, 6.07) is 4.21. The summed E-state index contributed by atoms with van der Waals surface area (Å²) < 4.78 is 0. The zero-order valence-electron chi connectivity index (χ0n) is 11.7. The number of aryl methyl sites for hydroxylation is 2. The molecule has 0 bridgehead atoms. The second kappa shape index (κ2) is 5.17. The normalized spacial score (nSPS) is 12.6. The first-order valence-electron chi connectivity index (χ1n) is 6.54. The van der Waals surface area contributed by atoms with Crippen molar-refractivity contribution in [2.45, 2.75) is 26.8 Å². The predicted octanol–water partition coefficient (Wildman–Crippen LogP) is 3.88. The van der Waals surface area contributed by atoms with Crippen LogP contribution in [0.25, 0.3) is 10.2 Å². The van der Waals surface area contributed by atoms with E-state index in [9.17, 15) is 0 Å². The van der Waals surface area contributed by atoms with Gasteiger partial charge in [-0.15, -0.1) is 11.3 Å². The first-order valence-corrected chi connectivity index (χ1v) is 7.42. The fourth-order valence-corrected chi connectivity index (χ4v) is 3.20. The minimum atomic E-state index is 0.176. The second-order valence-electron chi connectivity index (χ2n) is 4.86. The quantitative estimate of drug-likeness (QED) is 0.793. The summed E-state index contributed by atoms with van der Waals surface area (Å²) in [5.41, 5.74) is 2.41. The number of pyridine rings is 1. The second-order valence-corrected chi connectivity index (χ2v) is 5.72. The molecule has 3 aromatic rings. The number of anilines is 1. The molecule has 3 heterocycles. The zero-order chi connectivity index (χ0) is 14.1. The van der Waals surface area contributed by atoms with Crippen LogP contribution in [0.4, 0.5) is 5.82 Å². The number of hydrogen-bond acceptors (Lipinski definition) is 5. The fourth-order valence-electron chi connectivity index (χ4n) is 2.24. The van der Waals surface area contributed by atoms with Crippen molar-refractivity contribution in [1.82, 2.24) is 15.0 Å². The number of rotatable bonds is 3. The van der Waals surface area contributed by atoms with E-state index >= 15 is 0 Å². The molecule has 0 amide bonds. The molecule has 0 aliphatic carbocycles. The third-order valence-electron chi connectivity index (χ3n) is 3.29. The van der Waals surface area contributed by atoms with E-state index in [1.165, 1.54) is 11.1 Å². The Morgan fingerprint density at radius 3 is 2.65 bits per heavy atom. The van der Waals surface area contributed by atoms with E-state index in [0.29, 0.717) is 0 Å². The van der Waals surface area contributed by atoms with Crippen LogP contribution < -0.4 is 5.32 Å². The number of hydrogen-bond donors (Lipinski definition) is 1. The average Bonchev–Trinajstić information content (AvgIpc) is 2.81. The lowest BCUT2D eigenvalue weighted by Gasteiger charge is -2.16. The molecule has 0 saturated carbocycles. The SMILES string of the molecule is Cc1nc(N[C@@H](C)c2ccncc2)c2c(C)csc2n1. The Morgan fingerprint density at radius 2 is 1.90 bits per heavy atom. The maximum Gasteiger partial charge on any atom is 0.139 e. The summed E-state index contributed by atoms with van der Waals surface area (Å²) in [7, 11) is 0. The molecule has 0 aliphatic heterocycles. The highest BCUT2D eigenvalue weighted by atomic mass is 32.1. The summed E-state index contributed by atoms with van der Waals surface area (Å²) in [5.74, 6) is 1.71. The van der Waals surface area contributed by atoms with Crippen LogP contribution in [0.1, 0.15) is 29.9 Å². The standard InChI is InChI=1S/C15H16N4S/c1-9-8-20-15-13(9)14(18-11(3)19-15)17-10(2)12-4-6-16-7-5-12/h4-8,10H,1-3H3,(H,17,18,19)/t10-/m0/s1. The van der Waals surface area contributed by atoms with Gasteiger partial charge in [0.05, 0.1) is 11.4 Å². The minimum Gasteiger partial charge on any atom is -0.363 e. The number of fused-ring (bicyclic) bond motifs is 1. The molecule has 0 radical (unpaired) electrons. The van der Waals surface area contributed by atoms with Gasteiger partial charge in [0.1, 0.15) is 16.5 Å². The Kier molecular flexibility index (Phi) is 3.36. The van der Waals surface area contributed by atoms with E-state index in [0.717, 1.165) is 21.9 Å². The topological polar surface area (TPSA) is 50.7 Å². The molecule has 5 heteroatoms. The predicted molar refractivity (Wildman–Crippen MR) is 83.2 cm³/mol. The Morgan fingerprint density at radius 1 is 1.15 bits per heavy atom. The van der Waals surface area contributed by atoms with Gasteiger partial charge in [0.2, 0.25) is 0 Å². The number of nitrogens with zero attached hydrogens (tertiary/aromatic N) is 3. The zero-order valence-corrected chi connectivity index (χ0v) is 12.5. The van der Waals surface area contributed by atoms with Crippen molar-refractivity contribution in [3.63, 3.8) is 0 Å². The van der Waals surface area contributed by atoms with Crippen molar-refractivity contribution >= 4 is 27.4 Å². The van der Waals surface area contributed by atoms with E-state index in [2.05, 4.69) is 39.5 Å². The molecule has 4 nitrogen and oxygen atoms in total. The van der Waals surface area contributed by atoms with Gasteiger partial charge >= 0.3 is 0 Å². The Labute approximate surface area is 121 Å². The van der Waals surface area contributed by atoms with Crippen LogP contribution in [-0.4, -0.2) is 15.0 Å². The lowest BCUT2D eigenvalue weighted by Crippen LogP contribution is -2.09. The largest absolute Gasteiger partial charge is 0.363 e. The van der Waals surface area contributed by atoms with Crippen LogP contribution >= 0.6 is 11.3 Å². The van der Waals surface area contributed by atoms with Crippen molar-refractivity contribution in [1.29, 1.82) is 0 Å². The molecule has 0 aliphatic rings. The summed E-state index contributed by atoms with van der Waals surface area (Å²) >= 11 is 1.66. The van der Waals surface area contributed by atoms with Gasteiger partial charge in [0, 0.05) is 12.4 Å². The molecular formula is C15H16N4S. The van der Waals surface area contributed by atoms with Gasteiger partial charge in [-0.25, -0.2) is 9.97 Å². The Bertz CT molecular complexity index is 736. The third kappa shape index (κ3) is 2.36. The van der Waals surface area contributed by atoms with E-state index in [1.807, 2.05) is 31.5 Å². The molecule has 0 spiro atoms. The molecule has 102 valence electrons. The van der Waals surface area contributed by atoms with Crippen molar-refractivity contribution in [3.05, 3.63) is 46.9 Å². The maximum atomic E-state index is 4.57. The van der Waals surface area contributed by atoms with Crippen LogP contribution in [-0.2, 0) is 0 Å². The molecule has 20 heavy (non-hydrogen) atoms. The van der Waals surface area contributed by atoms with Crippen LogP contribution in [0.5, 0.6) is 0 Å². The fraction of sp³-hybridized carbons (Fsp3) is 0.267. The monoisotopic (exact) mass is 284 g/mol. The number of aromatic nitrogens is 3. The lowest BCUT2D eigenvalue weighted by molar-refractivity contribution is 0.869. The Balaban J connectivity index is 2.00. The molecular weight excluding hydrogens is 268 g/mol. The first-order chi connectivity index (χ1) is 9.65. The molecule has 1 atom stereocenters. The van der Waals surface area contributed by atoms with Crippen LogP contribution in [0.3, 0.4) is 0 Å².